The first-order valence-electron chi connectivity index (χ1n) is 6.35. The van der Waals surface area contributed by atoms with Crippen LogP contribution in [0.25, 0.3) is 10.9 Å². The molecule has 3 N–H and O–H groups in total. The molecule has 3 nitrogen and oxygen atoms in total. The molecule has 0 amide bonds. The third-order valence-electron chi connectivity index (χ3n) is 3.16. The summed E-state index contributed by atoms with van der Waals surface area (Å²) in [5.41, 5.74) is 9.39. The maximum atomic E-state index is 5.79. The summed E-state index contributed by atoms with van der Waals surface area (Å²) in [5.74, 6) is 0. The van der Waals surface area contributed by atoms with Gasteiger partial charge in [-0.05, 0) is 42.5 Å². The van der Waals surface area contributed by atoms with Crippen LogP contribution in [-0.2, 0) is 0 Å². The molecular formula is C16H12BrN3S. The van der Waals surface area contributed by atoms with Gasteiger partial charge in [-0.25, -0.2) is 0 Å². The maximum absolute atomic E-state index is 5.79. The molecule has 0 bridgehead atoms. The summed E-state index contributed by atoms with van der Waals surface area (Å²) in [6, 6.07) is 15.7. The van der Waals surface area contributed by atoms with E-state index in [0.717, 1.165) is 32.3 Å². The lowest BCUT2D eigenvalue weighted by molar-refractivity contribution is 1.41. The van der Waals surface area contributed by atoms with E-state index in [0.29, 0.717) is 4.99 Å². The molecule has 0 fully saturated rings. The molecule has 0 saturated heterocycles. The predicted octanol–water partition coefficient (Wildman–Crippen LogP) is 4.38. The number of rotatable bonds is 3. The monoisotopic (exact) mass is 357 g/mol. The van der Waals surface area contributed by atoms with Crippen molar-refractivity contribution in [2.45, 2.75) is 0 Å². The second-order valence-electron chi connectivity index (χ2n) is 4.55. The molecule has 21 heavy (non-hydrogen) atoms. The van der Waals surface area contributed by atoms with Gasteiger partial charge in [-0.1, -0.05) is 34.2 Å². The van der Waals surface area contributed by atoms with Crippen molar-refractivity contribution in [2.24, 2.45) is 5.73 Å². The first kappa shape index (κ1) is 14.0. The average Bonchev–Trinajstić information content (AvgIpc) is 2.47. The molecule has 1 heterocycles. The molecule has 2 aromatic carbocycles. The van der Waals surface area contributed by atoms with Crippen LogP contribution in [0.2, 0.25) is 0 Å². The molecule has 3 rings (SSSR count). The Balaban J connectivity index is 2.11. The van der Waals surface area contributed by atoms with Gasteiger partial charge in [-0.2, -0.15) is 0 Å². The van der Waals surface area contributed by atoms with Gasteiger partial charge in [0.2, 0.25) is 0 Å². The van der Waals surface area contributed by atoms with E-state index >= 15 is 0 Å². The highest BCUT2D eigenvalue weighted by molar-refractivity contribution is 9.10. The Morgan fingerprint density at radius 2 is 1.95 bits per heavy atom. The first-order valence-corrected chi connectivity index (χ1v) is 7.55. The highest BCUT2D eigenvalue weighted by Gasteiger charge is 2.08. The number of hydrogen-bond donors (Lipinski definition) is 2. The number of hydrogen-bond acceptors (Lipinski definition) is 3. The number of pyridine rings is 1. The lowest BCUT2D eigenvalue weighted by Gasteiger charge is -2.13. The first-order chi connectivity index (χ1) is 10.1. The highest BCUT2D eigenvalue weighted by Crippen LogP contribution is 2.29. The molecule has 0 aliphatic heterocycles. The maximum Gasteiger partial charge on any atom is 0.106 e. The fourth-order valence-electron chi connectivity index (χ4n) is 2.19. The fourth-order valence-corrected chi connectivity index (χ4v) is 2.73. The van der Waals surface area contributed by atoms with Gasteiger partial charge in [0, 0.05) is 33.0 Å². The fraction of sp³-hybridized carbons (Fsp3) is 0. The van der Waals surface area contributed by atoms with Crippen molar-refractivity contribution < 1.29 is 0 Å². The molecule has 0 radical (unpaired) electrons. The van der Waals surface area contributed by atoms with Crippen LogP contribution in [0.3, 0.4) is 0 Å². The Labute approximate surface area is 136 Å². The lowest BCUT2D eigenvalue weighted by Crippen LogP contribution is -2.12. The summed E-state index contributed by atoms with van der Waals surface area (Å²) in [7, 11) is 0. The van der Waals surface area contributed by atoms with Crippen LogP contribution >= 0.6 is 28.1 Å². The number of halogens is 1. The molecule has 0 atom stereocenters. The zero-order valence-electron chi connectivity index (χ0n) is 11.0. The highest BCUT2D eigenvalue weighted by atomic mass is 79.9. The summed E-state index contributed by atoms with van der Waals surface area (Å²) in [4.78, 5) is 4.72. The van der Waals surface area contributed by atoms with Gasteiger partial charge < -0.3 is 11.1 Å². The Kier molecular flexibility index (Phi) is 3.86. The summed E-state index contributed by atoms with van der Waals surface area (Å²) in [6.07, 6.45) is 1.78. The van der Waals surface area contributed by atoms with Gasteiger partial charge in [-0.3, -0.25) is 4.98 Å². The summed E-state index contributed by atoms with van der Waals surface area (Å²) in [5, 5.41) is 4.45. The van der Waals surface area contributed by atoms with E-state index < -0.39 is 0 Å². The van der Waals surface area contributed by atoms with Crippen molar-refractivity contribution in [1.82, 2.24) is 4.98 Å². The van der Waals surface area contributed by atoms with Gasteiger partial charge in [0.05, 0.1) is 5.52 Å². The summed E-state index contributed by atoms with van der Waals surface area (Å²) in [6.45, 7) is 0. The van der Waals surface area contributed by atoms with Gasteiger partial charge in [0.1, 0.15) is 4.99 Å². The Hall–Kier alpha value is -1.98. The van der Waals surface area contributed by atoms with Gasteiger partial charge in [0.25, 0.3) is 0 Å². The van der Waals surface area contributed by atoms with E-state index in [4.69, 9.17) is 18.0 Å². The van der Waals surface area contributed by atoms with E-state index in [1.54, 1.807) is 6.20 Å². The number of nitrogens with two attached hydrogens (primary N) is 1. The SMILES string of the molecule is NC(=S)c1ccc(Br)cc1Nc1cccc2ncccc12. The summed E-state index contributed by atoms with van der Waals surface area (Å²) < 4.78 is 0.961. The molecule has 3 aromatic rings. The van der Waals surface area contributed by atoms with Crippen molar-refractivity contribution in [3.63, 3.8) is 0 Å². The minimum Gasteiger partial charge on any atom is -0.389 e. The number of thiocarbonyl (C=S) groups is 1. The second-order valence-corrected chi connectivity index (χ2v) is 5.91. The Morgan fingerprint density at radius 1 is 1.10 bits per heavy atom. The Morgan fingerprint density at radius 3 is 2.76 bits per heavy atom. The van der Waals surface area contributed by atoms with E-state index in [2.05, 4.69) is 26.2 Å². The van der Waals surface area contributed by atoms with Crippen LogP contribution in [-0.4, -0.2) is 9.97 Å². The normalized spacial score (nSPS) is 10.5. The minimum atomic E-state index is 0.364. The standard InChI is InChI=1S/C16H12BrN3S/c17-10-6-7-12(16(18)21)15(9-10)20-14-5-1-4-13-11(14)3-2-8-19-13/h1-9,20H,(H2,18,21). The third kappa shape index (κ3) is 2.89. The lowest BCUT2D eigenvalue weighted by atomic mass is 10.1. The van der Waals surface area contributed by atoms with Crippen LogP contribution in [0.1, 0.15) is 5.56 Å². The van der Waals surface area contributed by atoms with Crippen LogP contribution in [0.15, 0.2) is 59.2 Å². The van der Waals surface area contributed by atoms with Crippen molar-refractivity contribution in [3.8, 4) is 0 Å². The molecule has 0 spiro atoms. The predicted molar refractivity (Wildman–Crippen MR) is 95.1 cm³/mol. The number of benzene rings is 2. The molecule has 0 aliphatic rings. The van der Waals surface area contributed by atoms with Gasteiger partial charge in [-0.15, -0.1) is 0 Å². The average molecular weight is 358 g/mol. The molecule has 0 aliphatic carbocycles. The zero-order chi connectivity index (χ0) is 14.8. The van der Waals surface area contributed by atoms with Gasteiger partial charge >= 0.3 is 0 Å². The van der Waals surface area contributed by atoms with Crippen LogP contribution < -0.4 is 11.1 Å². The molecule has 5 heteroatoms. The number of nitrogens with zero attached hydrogens (tertiary/aromatic N) is 1. The van der Waals surface area contributed by atoms with E-state index in [-0.39, 0.29) is 0 Å². The molecule has 0 unspecified atom stereocenters. The Bertz CT molecular complexity index is 827. The number of nitrogens with one attached hydrogen (secondary N) is 1. The van der Waals surface area contributed by atoms with E-state index in [1.807, 2.05) is 48.5 Å². The quantitative estimate of drug-likeness (QED) is 0.683. The largest absolute Gasteiger partial charge is 0.389 e. The van der Waals surface area contributed by atoms with Crippen LogP contribution in [0, 0.1) is 0 Å². The van der Waals surface area contributed by atoms with Crippen molar-refractivity contribution in [1.29, 1.82) is 0 Å². The molecular weight excluding hydrogens is 346 g/mol. The topological polar surface area (TPSA) is 50.9 Å². The van der Waals surface area contributed by atoms with Crippen LogP contribution in [0.5, 0.6) is 0 Å². The van der Waals surface area contributed by atoms with Gasteiger partial charge in [0.15, 0.2) is 0 Å². The number of fused-ring (bicyclic) bond motifs is 1. The molecule has 1 aromatic heterocycles. The number of anilines is 2. The molecule has 104 valence electrons. The second kappa shape index (κ2) is 5.79. The van der Waals surface area contributed by atoms with Crippen molar-refractivity contribution >= 4 is 55.4 Å². The van der Waals surface area contributed by atoms with E-state index in [1.165, 1.54) is 0 Å². The van der Waals surface area contributed by atoms with Crippen molar-refractivity contribution in [2.75, 3.05) is 5.32 Å². The smallest absolute Gasteiger partial charge is 0.106 e. The van der Waals surface area contributed by atoms with Crippen molar-refractivity contribution in [3.05, 3.63) is 64.8 Å². The molecule has 0 saturated carbocycles. The third-order valence-corrected chi connectivity index (χ3v) is 3.88. The number of aromatic nitrogens is 1. The van der Waals surface area contributed by atoms with Crippen LogP contribution in [0.4, 0.5) is 11.4 Å². The summed E-state index contributed by atoms with van der Waals surface area (Å²) >= 11 is 8.59. The zero-order valence-corrected chi connectivity index (χ0v) is 13.4. The minimum absolute atomic E-state index is 0.364. The van der Waals surface area contributed by atoms with E-state index in [9.17, 15) is 0 Å².